The summed E-state index contributed by atoms with van der Waals surface area (Å²) >= 11 is 0. The summed E-state index contributed by atoms with van der Waals surface area (Å²) < 4.78 is 48.2. The van der Waals surface area contributed by atoms with Crippen molar-refractivity contribution in [1.29, 1.82) is 0 Å². The van der Waals surface area contributed by atoms with E-state index in [1.54, 1.807) is 36.4 Å². The van der Waals surface area contributed by atoms with E-state index in [0.29, 0.717) is 44.1 Å². The molecule has 35 heavy (non-hydrogen) atoms. The molecule has 0 radical (unpaired) electrons. The van der Waals surface area contributed by atoms with E-state index < -0.39 is 10.0 Å². The molecule has 9 heteroatoms. The number of carbonyl (C=O) groups excluding carboxylic acids is 1. The average Bonchev–Trinajstić information content (AvgIpc) is 3.14. The number of aromatic nitrogens is 1. The molecular formula is C26H30FN3O4S. The molecule has 1 aliphatic rings. The van der Waals surface area contributed by atoms with Crippen LogP contribution in [0.3, 0.4) is 0 Å². The van der Waals surface area contributed by atoms with Crippen molar-refractivity contribution in [2.75, 3.05) is 39.3 Å². The summed E-state index contributed by atoms with van der Waals surface area (Å²) in [5, 5.41) is 0. The fourth-order valence-electron chi connectivity index (χ4n) is 4.47. The van der Waals surface area contributed by atoms with Crippen LogP contribution in [0.1, 0.15) is 28.7 Å². The maximum absolute atomic E-state index is 13.3. The van der Waals surface area contributed by atoms with Crippen molar-refractivity contribution in [2.45, 2.75) is 25.7 Å². The first-order valence-electron chi connectivity index (χ1n) is 11.6. The van der Waals surface area contributed by atoms with Crippen molar-refractivity contribution < 1.29 is 22.3 Å². The van der Waals surface area contributed by atoms with E-state index in [9.17, 15) is 17.6 Å². The number of carbonyl (C=O) groups is 1. The molecule has 3 aromatic rings. The summed E-state index contributed by atoms with van der Waals surface area (Å²) in [6.07, 6.45) is 0. The minimum absolute atomic E-state index is 0.0192. The van der Waals surface area contributed by atoms with Gasteiger partial charge in [0, 0.05) is 48.8 Å². The van der Waals surface area contributed by atoms with Crippen molar-refractivity contribution in [3.63, 3.8) is 0 Å². The molecule has 0 N–H and O–H groups in total. The van der Waals surface area contributed by atoms with Crippen LogP contribution in [0, 0.1) is 19.7 Å². The van der Waals surface area contributed by atoms with Crippen LogP contribution in [0.4, 0.5) is 4.39 Å². The Hall–Kier alpha value is -3.01. The first-order chi connectivity index (χ1) is 16.7. The van der Waals surface area contributed by atoms with Crippen molar-refractivity contribution in [3.05, 3.63) is 77.4 Å². The molecule has 0 saturated carbocycles. The van der Waals surface area contributed by atoms with E-state index in [0.717, 1.165) is 17.1 Å². The molecule has 0 atom stereocenters. The molecule has 186 valence electrons. The molecule has 2 heterocycles. The van der Waals surface area contributed by atoms with Crippen LogP contribution in [0.15, 0.2) is 59.5 Å². The van der Waals surface area contributed by atoms with Crippen LogP contribution in [0.5, 0.6) is 5.75 Å². The predicted molar refractivity (Wildman–Crippen MR) is 132 cm³/mol. The molecular weight excluding hydrogens is 469 g/mol. The van der Waals surface area contributed by atoms with Gasteiger partial charge in [0.1, 0.15) is 11.6 Å². The number of nitrogens with zero attached hydrogens (tertiary/aromatic N) is 3. The van der Waals surface area contributed by atoms with E-state index in [4.69, 9.17) is 4.74 Å². The lowest BCUT2D eigenvalue weighted by Gasteiger charge is -2.33. The van der Waals surface area contributed by atoms with Gasteiger partial charge < -0.3 is 9.30 Å². The number of hydrogen-bond donors (Lipinski definition) is 0. The normalized spacial score (nSPS) is 15.3. The highest BCUT2D eigenvalue weighted by Gasteiger charge is 2.29. The number of rotatable bonds is 8. The van der Waals surface area contributed by atoms with Gasteiger partial charge in [-0.05, 0) is 75.4 Å². The molecule has 1 saturated heterocycles. The fraction of sp³-hybridized carbons (Fsp3) is 0.346. The van der Waals surface area contributed by atoms with Crippen LogP contribution < -0.4 is 4.74 Å². The van der Waals surface area contributed by atoms with Gasteiger partial charge in [0.2, 0.25) is 10.0 Å². The summed E-state index contributed by atoms with van der Waals surface area (Å²) in [7, 11) is -3.60. The zero-order valence-corrected chi connectivity index (χ0v) is 21.0. The van der Waals surface area contributed by atoms with Gasteiger partial charge in [0.25, 0.3) is 0 Å². The van der Waals surface area contributed by atoms with E-state index in [1.807, 2.05) is 36.3 Å². The van der Waals surface area contributed by atoms with Crippen molar-refractivity contribution in [3.8, 4) is 11.4 Å². The molecule has 1 aliphatic heterocycles. The monoisotopic (exact) mass is 499 g/mol. The van der Waals surface area contributed by atoms with Gasteiger partial charge >= 0.3 is 0 Å². The molecule has 1 fully saturated rings. The lowest BCUT2D eigenvalue weighted by molar-refractivity contribution is 0.0901. The highest BCUT2D eigenvalue weighted by atomic mass is 32.2. The standard InChI is InChI=1S/C26H30FN3O4S/c1-4-34-23-9-11-24(12-10-23)35(32,33)29-15-13-28(14-16-29)18-26(31)25-17-19(2)30(20(25)3)22-7-5-21(27)6-8-22/h5-12,17H,4,13-16,18H2,1-3H3. The number of sulfonamides is 1. The van der Waals surface area contributed by atoms with Crippen LogP contribution in [0.25, 0.3) is 5.69 Å². The minimum Gasteiger partial charge on any atom is -0.494 e. The van der Waals surface area contributed by atoms with Gasteiger partial charge in [-0.25, -0.2) is 12.8 Å². The Morgan fingerprint density at radius 2 is 1.60 bits per heavy atom. The van der Waals surface area contributed by atoms with Crippen LogP contribution in [-0.4, -0.2) is 67.3 Å². The number of benzene rings is 2. The van der Waals surface area contributed by atoms with Gasteiger partial charge in [0.15, 0.2) is 5.78 Å². The lowest BCUT2D eigenvalue weighted by atomic mass is 10.1. The Kier molecular flexibility index (Phi) is 7.39. The largest absolute Gasteiger partial charge is 0.494 e. The zero-order valence-electron chi connectivity index (χ0n) is 20.2. The highest BCUT2D eigenvalue weighted by Crippen LogP contribution is 2.23. The first kappa shape index (κ1) is 25.1. The van der Waals surface area contributed by atoms with Crippen LogP contribution in [-0.2, 0) is 10.0 Å². The Balaban J connectivity index is 1.40. The smallest absolute Gasteiger partial charge is 0.243 e. The van der Waals surface area contributed by atoms with Crippen LogP contribution >= 0.6 is 0 Å². The van der Waals surface area contributed by atoms with Crippen molar-refractivity contribution >= 4 is 15.8 Å². The number of halogens is 1. The third-order valence-electron chi connectivity index (χ3n) is 6.29. The van der Waals surface area contributed by atoms with Gasteiger partial charge in [-0.3, -0.25) is 9.69 Å². The number of ether oxygens (including phenoxy) is 1. The fourth-order valence-corrected chi connectivity index (χ4v) is 5.89. The van der Waals surface area contributed by atoms with E-state index >= 15 is 0 Å². The molecule has 0 bridgehead atoms. The highest BCUT2D eigenvalue weighted by molar-refractivity contribution is 7.89. The number of hydrogen-bond acceptors (Lipinski definition) is 5. The van der Waals surface area contributed by atoms with E-state index in [-0.39, 0.29) is 23.0 Å². The SMILES string of the molecule is CCOc1ccc(S(=O)(=O)N2CCN(CC(=O)c3cc(C)n(-c4ccc(F)cc4)c3C)CC2)cc1. The van der Waals surface area contributed by atoms with Crippen molar-refractivity contribution in [2.24, 2.45) is 0 Å². The lowest BCUT2D eigenvalue weighted by Crippen LogP contribution is -2.49. The number of piperazine rings is 1. The number of ketones is 1. The summed E-state index contributed by atoms with van der Waals surface area (Å²) in [5.74, 6) is 0.305. The second-order valence-electron chi connectivity index (χ2n) is 8.60. The molecule has 0 aliphatic carbocycles. The molecule has 0 spiro atoms. The van der Waals surface area contributed by atoms with Gasteiger partial charge in [-0.1, -0.05) is 0 Å². The Morgan fingerprint density at radius 3 is 2.20 bits per heavy atom. The summed E-state index contributed by atoms with van der Waals surface area (Å²) in [6.45, 7) is 7.97. The summed E-state index contributed by atoms with van der Waals surface area (Å²) in [5.41, 5.74) is 3.12. The quantitative estimate of drug-likeness (QED) is 0.441. The average molecular weight is 500 g/mol. The van der Waals surface area contributed by atoms with Gasteiger partial charge in [-0.15, -0.1) is 0 Å². The predicted octanol–water partition coefficient (Wildman–Crippen LogP) is 3.82. The zero-order chi connectivity index (χ0) is 25.2. The summed E-state index contributed by atoms with van der Waals surface area (Å²) in [4.78, 5) is 15.3. The second kappa shape index (κ2) is 10.3. The molecule has 4 rings (SSSR count). The maximum Gasteiger partial charge on any atom is 0.243 e. The minimum atomic E-state index is -3.60. The molecule has 0 amide bonds. The summed E-state index contributed by atoms with van der Waals surface area (Å²) in [6, 6.07) is 14.5. The Bertz CT molecular complexity index is 1290. The topological polar surface area (TPSA) is 71.9 Å². The van der Waals surface area contributed by atoms with Gasteiger partial charge in [0.05, 0.1) is 18.0 Å². The van der Waals surface area contributed by atoms with E-state index in [2.05, 4.69) is 0 Å². The number of Topliss-reactive ketones (excluding diaryl/α,β-unsaturated/α-hetero) is 1. The first-order valence-corrected chi connectivity index (χ1v) is 13.1. The van der Waals surface area contributed by atoms with Crippen LogP contribution in [0.2, 0.25) is 0 Å². The van der Waals surface area contributed by atoms with E-state index in [1.165, 1.54) is 16.4 Å². The molecule has 2 aromatic carbocycles. The van der Waals surface area contributed by atoms with Crippen molar-refractivity contribution in [1.82, 2.24) is 13.8 Å². The molecule has 7 nitrogen and oxygen atoms in total. The second-order valence-corrected chi connectivity index (χ2v) is 10.5. The molecule has 0 unspecified atom stereocenters. The molecule has 1 aromatic heterocycles. The third kappa shape index (κ3) is 5.32. The maximum atomic E-state index is 13.3. The third-order valence-corrected chi connectivity index (χ3v) is 8.20. The number of aryl methyl sites for hydroxylation is 1. The Morgan fingerprint density at radius 1 is 0.971 bits per heavy atom. The van der Waals surface area contributed by atoms with Gasteiger partial charge in [-0.2, -0.15) is 4.31 Å². The Labute approximate surface area is 205 Å².